The van der Waals surface area contributed by atoms with Crippen LogP contribution in [-0.4, -0.2) is 27.3 Å². The van der Waals surface area contributed by atoms with E-state index in [9.17, 15) is 14.4 Å². The van der Waals surface area contributed by atoms with Crippen LogP contribution < -0.4 is 16.7 Å². The number of carbonyl (C=O) groups excluding carboxylic acids is 1. The van der Waals surface area contributed by atoms with Crippen molar-refractivity contribution in [3.63, 3.8) is 0 Å². The van der Waals surface area contributed by atoms with E-state index >= 15 is 0 Å². The van der Waals surface area contributed by atoms with Crippen LogP contribution in [0.1, 0.15) is 23.6 Å². The molecular weight excluding hydrogens is 278 g/mol. The monoisotopic (exact) mass is 291 g/mol. The molecule has 0 aliphatic rings. The number of nitrogens with one attached hydrogen (secondary N) is 3. The van der Waals surface area contributed by atoms with E-state index in [1.807, 2.05) is 4.98 Å². The first-order valence-electron chi connectivity index (χ1n) is 6.11. The number of H-pyrrole nitrogens is 2. The Bertz CT molecular complexity index is 770. The molecule has 0 aromatic carbocycles. The highest BCUT2D eigenvalue weighted by Gasteiger charge is 2.06. The summed E-state index contributed by atoms with van der Waals surface area (Å²) in [5.41, 5.74) is 1.08. The Labute approximate surface area is 118 Å². The summed E-state index contributed by atoms with van der Waals surface area (Å²) in [6.07, 6.45) is 1.47. The SMILES string of the molecule is Cc1ccc(/C=N\NC(=O)CCc2n[nH]c(=O)[nH]c2=O)o1. The van der Waals surface area contributed by atoms with Crippen LogP contribution in [0.15, 0.2) is 31.2 Å². The third-order valence-corrected chi connectivity index (χ3v) is 2.51. The number of nitrogens with zero attached hydrogens (tertiary/aromatic N) is 2. The Morgan fingerprint density at radius 2 is 2.29 bits per heavy atom. The molecule has 0 aliphatic heterocycles. The summed E-state index contributed by atoms with van der Waals surface area (Å²) in [4.78, 5) is 35.7. The Balaban J connectivity index is 1.83. The summed E-state index contributed by atoms with van der Waals surface area (Å²) < 4.78 is 5.23. The first kappa shape index (κ1) is 14.4. The van der Waals surface area contributed by atoms with E-state index in [0.717, 1.165) is 5.76 Å². The molecule has 0 saturated heterocycles. The maximum atomic E-state index is 11.5. The van der Waals surface area contributed by atoms with Crippen LogP contribution in [-0.2, 0) is 11.2 Å². The lowest BCUT2D eigenvalue weighted by atomic mass is 10.2. The molecule has 0 aliphatic carbocycles. The van der Waals surface area contributed by atoms with E-state index in [-0.39, 0.29) is 24.4 Å². The number of aromatic amines is 2. The zero-order chi connectivity index (χ0) is 15.2. The van der Waals surface area contributed by atoms with Gasteiger partial charge in [0.15, 0.2) is 0 Å². The molecule has 2 aromatic heterocycles. The van der Waals surface area contributed by atoms with Crippen LogP contribution in [0.5, 0.6) is 0 Å². The van der Waals surface area contributed by atoms with Gasteiger partial charge < -0.3 is 4.42 Å². The fourth-order valence-corrected chi connectivity index (χ4v) is 1.52. The minimum Gasteiger partial charge on any atom is -0.460 e. The summed E-state index contributed by atoms with van der Waals surface area (Å²) in [5, 5.41) is 9.38. The van der Waals surface area contributed by atoms with Gasteiger partial charge in [0.05, 0.1) is 6.21 Å². The molecule has 2 heterocycles. The molecule has 110 valence electrons. The predicted molar refractivity (Wildman–Crippen MR) is 73.0 cm³/mol. The van der Waals surface area contributed by atoms with E-state index in [4.69, 9.17) is 4.42 Å². The molecule has 0 bridgehead atoms. The molecule has 9 nitrogen and oxygen atoms in total. The summed E-state index contributed by atoms with van der Waals surface area (Å²) >= 11 is 0. The molecule has 9 heteroatoms. The maximum Gasteiger partial charge on any atom is 0.342 e. The van der Waals surface area contributed by atoms with Gasteiger partial charge in [-0.2, -0.15) is 10.2 Å². The van der Waals surface area contributed by atoms with Gasteiger partial charge in [0.1, 0.15) is 17.2 Å². The molecule has 0 unspecified atom stereocenters. The van der Waals surface area contributed by atoms with Crippen LogP contribution in [0.25, 0.3) is 0 Å². The Morgan fingerprint density at radius 1 is 1.48 bits per heavy atom. The average Bonchev–Trinajstić information content (AvgIpc) is 2.83. The third kappa shape index (κ3) is 4.27. The quantitative estimate of drug-likeness (QED) is 0.501. The van der Waals surface area contributed by atoms with Gasteiger partial charge in [0.25, 0.3) is 5.56 Å². The van der Waals surface area contributed by atoms with Gasteiger partial charge in [0.2, 0.25) is 5.91 Å². The summed E-state index contributed by atoms with van der Waals surface area (Å²) in [5.74, 6) is 0.875. The molecule has 21 heavy (non-hydrogen) atoms. The number of furan rings is 1. The van der Waals surface area contributed by atoms with Gasteiger partial charge in [-0.15, -0.1) is 0 Å². The first-order valence-corrected chi connectivity index (χ1v) is 6.11. The lowest BCUT2D eigenvalue weighted by Gasteiger charge is -1.98. The van der Waals surface area contributed by atoms with Crippen molar-refractivity contribution in [2.45, 2.75) is 19.8 Å². The second kappa shape index (κ2) is 6.46. The first-order chi connectivity index (χ1) is 10.0. The molecule has 2 aromatic rings. The molecule has 0 spiro atoms. The lowest BCUT2D eigenvalue weighted by molar-refractivity contribution is -0.121. The van der Waals surface area contributed by atoms with Gasteiger partial charge in [-0.05, 0) is 19.1 Å². The Morgan fingerprint density at radius 3 is 2.95 bits per heavy atom. The van der Waals surface area contributed by atoms with Gasteiger partial charge in [0, 0.05) is 12.8 Å². The zero-order valence-corrected chi connectivity index (χ0v) is 11.2. The largest absolute Gasteiger partial charge is 0.460 e. The van der Waals surface area contributed by atoms with Crippen molar-refractivity contribution in [3.05, 3.63) is 50.2 Å². The van der Waals surface area contributed by atoms with Crippen LogP contribution in [0.2, 0.25) is 0 Å². The number of aryl methyl sites for hydroxylation is 2. The van der Waals surface area contributed by atoms with E-state index in [1.165, 1.54) is 6.21 Å². The predicted octanol–water partition coefficient (Wildman–Crippen LogP) is -0.557. The second-order valence-electron chi connectivity index (χ2n) is 4.20. The smallest absolute Gasteiger partial charge is 0.342 e. The van der Waals surface area contributed by atoms with E-state index < -0.39 is 11.2 Å². The Hall–Kier alpha value is -2.97. The van der Waals surface area contributed by atoms with Gasteiger partial charge in [-0.3, -0.25) is 14.6 Å². The summed E-state index contributed by atoms with van der Waals surface area (Å²) in [6.45, 7) is 1.80. The fraction of sp³-hybridized carbons (Fsp3) is 0.250. The molecule has 0 saturated carbocycles. The molecule has 3 N–H and O–H groups in total. The van der Waals surface area contributed by atoms with E-state index in [1.54, 1.807) is 19.1 Å². The number of aromatic nitrogens is 3. The minimum absolute atomic E-state index is 0.0106. The van der Waals surface area contributed by atoms with Crippen molar-refractivity contribution in [3.8, 4) is 0 Å². The van der Waals surface area contributed by atoms with Crippen molar-refractivity contribution in [2.75, 3.05) is 0 Å². The number of hydrogen-bond donors (Lipinski definition) is 3. The van der Waals surface area contributed by atoms with Crippen molar-refractivity contribution in [1.82, 2.24) is 20.6 Å². The molecule has 1 amide bonds. The van der Waals surface area contributed by atoms with Crippen LogP contribution in [0, 0.1) is 6.92 Å². The number of rotatable bonds is 5. The fourth-order valence-electron chi connectivity index (χ4n) is 1.52. The van der Waals surface area contributed by atoms with Crippen molar-refractivity contribution in [2.24, 2.45) is 5.10 Å². The molecule has 0 atom stereocenters. The minimum atomic E-state index is -0.688. The van der Waals surface area contributed by atoms with Crippen LogP contribution >= 0.6 is 0 Å². The highest BCUT2D eigenvalue weighted by Crippen LogP contribution is 2.02. The normalized spacial score (nSPS) is 10.9. The van der Waals surface area contributed by atoms with E-state index in [2.05, 4.69) is 20.7 Å². The van der Waals surface area contributed by atoms with Gasteiger partial charge in [-0.25, -0.2) is 15.3 Å². The third-order valence-electron chi connectivity index (χ3n) is 2.51. The number of hydrogen-bond acceptors (Lipinski definition) is 6. The highest BCUT2D eigenvalue weighted by atomic mass is 16.3. The lowest BCUT2D eigenvalue weighted by Crippen LogP contribution is -2.28. The van der Waals surface area contributed by atoms with Crippen LogP contribution in [0.4, 0.5) is 0 Å². The van der Waals surface area contributed by atoms with Crippen molar-refractivity contribution >= 4 is 12.1 Å². The summed E-state index contributed by atoms with van der Waals surface area (Å²) in [7, 11) is 0. The molecular formula is C12H13N5O4. The summed E-state index contributed by atoms with van der Waals surface area (Å²) in [6, 6.07) is 3.49. The number of carbonyl (C=O) groups is 1. The van der Waals surface area contributed by atoms with E-state index in [0.29, 0.717) is 5.76 Å². The number of hydrazone groups is 1. The average molecular weight is 291 g/mol. The molecule has 0 radical (unpaired) electrons. The maximum absolute atomic E-state index is 11.5. The zero-order valence-electron chi connectivity index (χ0n) is 11.2. The van der Waals surface area contributed by atoms with Crippen LogP contribution in [0.3, 0.4) is 0 Å². The molecule has 2 rings (SSSR count). The van der Waals surface area contributed by atoms with Gasteiger partial charge in [-0.1, -0.05) is 0 Å². The Kier molecular flexibility index (Phi) is 4.44. The van der Waals surface area contributed by atoms with Crippen molar-refractivity contribution < 1.29 is 9.21 Å². The highest BCUT2D eigenvalue weighted by molar-refractivity contribution is 5.80. The second-order valence-corrected chi connectivity index (χ2v) is 4.20. The molecule has 0 fully saturated rings. The topological polar surface area (TPSA) is 133 Å². The van der Waals surface area contributed by atoms with Crippen molar-refractivity contribution in [1.29, 1.82) is 0 Å². The standard InChI is InChI=1S/C12H13N5O4/c1-7-2-3-8(21-7)6-13-16-10(18)5-4-9-11(19)14-12(20)17-15-9/h2-3,6H,4-5H2,1H3,(H,16,18)(H2,14,17,19,20)/b13-6-. The van der Waals surface area contributed by atoms with Gasteiger partial charge >= 0.3 is 5.69 Å². The number of amides is 1.